The van der Waals surface area contributed by atoms with E-state index < -0.39 is 0 Å². The monoisotopic (exact) mass is 277 g/mol. The lowest BCUT2D eigenvalue weighted by molar-refractivity contribution is 0.482. The first-order chi connectivity index (χ1) is 8.56. The Bertz CT molecular complexity index is 581. The summed E-state index contributed by atoms with van der Waals surface area (Å²) in [7, 11) is 0. The average molecular weight is 278 g/mol. The lowest BCUT2D eigenvalue weighted by atomic mass is 10.2. The molecule has 0 aromatic heterocycles. The predicted octanol–water partition coefficient (Wildman–Crippen LogP) is 4.07. The molecule has 0 unspecified atom stereocenters. The van der Waals surface area contributed by atoms with E-state index in [4.69, 9.17) is 34.3 Å². The molecule has 4 heteroatoms. The summed E-state index contributed by atoms with van der Waals surface area (Å²) >= 11 is 11.0. The topological polar surface area (TPSA) is 35.2 Å². The van der Waals surface area contributed by atoms with Crippen LogP contribution >= 0.6 is 23.8 Å². The summed E-state index contributed by atoms with van der Waals surface area (Å²) in [6.07, 6.45) is 0. The van der Waals surface area contributed by atoms with Gasteiger partial charge in [0.1, 0.15) is 16.5 Å². The molecular formula is C14H12ClNOS. The Morgan fingerprint density at radius 1 is 1.11 bits per heavy atom. The Morgan fingerprint density at radius 2 is 1.72 bits per heavy atom. The van der Waals surface area contributed by atoms with Gasteiger partial charge in [-0.05, 0) is 31.2 Å². The average Bonchev–Trinajstić information content (AvgIpc) is 2.32. The van der Waals surface area contributed by atoms with Crippen LogP contribution in [0.1, 0.15) is 11.1 Å². The van der Waals surface area contributed by atoms with E-state index in [1.165, 1.54) is 5.56 Å². The van der Waals surface area contributed by atoms with Crippen molar-refractivity contribution >= 4 is 28.8 Å². The fourth-order valence-corrected chi connectivity index (χ4v) is 2.01. The van der Waals surface area contributed by atoms with Gasteiger partial charge >= 0.3 is 0 Å². The van der Waals surface area contributed by atoms with Gasteiger partial charge in [0.05, 0.1) is 5.02 Å². The molecule has 2 rings (SSSR count). The van der Waals surface area contributed by atoms with Crippen molar-refractivity contribution in [1.82, 2.24) is 0 Å². The molecule has 0 spiro atoms. The summed E-state index contributed by atoms with van der Waals surface area (Å²) < 4.78 is 5.68. The molecule has 0 heterocycles. The largest absolute Gasteiger partial charge is 0.457 e. The van der Waals surface area contributed by atoms with E-state index in [9.17, 15) is 0 Å². The highest BCUT2D eigenvalue weighted by molar-refractivity contribution is 7.80. The number of benzene rings is 2. The molecule has 0 aliphatic carbocycles. The number of rotatable bonds is 3. The maximum Gasteiger partial charge on any atom is 0.128 e. The van der Waals surface area contributed by atoms with Crippen LogP contribution in [0, 0.1) is 6.92 Å². The molecule has 0 radical (unpaired) electrons. The number of aryl methyl sites for hydroxylation is 1. The molecule has 0 aliphatic heterocycles. The fourth-order valence-electron chi connectivity index (χ4n) is 1.50. The SMILES string of the molecule is Cc1ccc(Oc2ccc(C(N)=S)c(Cl)c2)cc1. The highest BCUT2D eigenvalue weighted by atomic mass is 35.5. The minimum absolute atomic E-state index is 0.280. The molecular weight excluding hydrogens is 266 g/mol. The van der Waals surface area contributed by atoms with Crippen LogP contribution in [0.4, 0.5) is 0 Å². The molecule has 2 aromatic carbocycles. The number of thiocarbonyl (C=S) groups is 1. The van der Waals surface area contributed by atoms with Gasteiger partial charge in [0.25, 0.3) is 0 Å². The second-order valence-corrected chi connectivity index (χ2v) is 4.77. The van der Waals surface area contributed by atoms with Crippen LogP contribution in [0.2, 0.25) is 5.02 Å². The third kappa shape index (κ3) is 3.00. The summed E-state index contributed by atoms with van der Waals surface area (Å²) in [6, 6.07) is 13.0. The van der Waals surface area contributed by atoms with Crippen molar-refractivity contribution in [2.24, 2.45) is 5.73 Å². The highest BCUT2D eigenvalue weighted by Crippen LogP contribution is 2.26. The van der Waals surface area contributed by atoms with E-state index in [0.29, 0.717) is 16.3 Å². The molecule has 0 saturated carbocycles. The smallest absolute Gasteiger partial charge is 0.128 e. The van der Waals surface area contributed by atoms with Gasteiger partial charge in [-0.3, -0.25) is 0 Å². The molecule has 18 heavy (non-hydrogen) atoms. The molecule has 0 bridgehead atoms. The Labute approximate surface area is 116 Å². The maximum absolute atomic E-state index is 6.07. The standard InChI is InChI=1S/C14H12ClNOS/c1-9-2-4-10(5-3-9)17-11-6-7-12(14(16)18)13(15)8-11/h2-8H,1H3,(H2,16,18). The van der Waals surface area contributed by atoms with Gasteiger partial charge in [-0.1, -0.05) is 41.5 Å². The zero-order valence-corrected chi connectivity index (χ0v) is 11.4. The van der Waals surface area contributed by atoms with Gasteiger partial charge in [-0.25, -0.2) is 0 Å². The minimum atomic E-state index is 0.280. The molecule has 2 nitrogen and oxygen atoms in total. The van der Waals surface area contributed by atoms with E-state index >= 15 is 0 Å². The van der Waals surface area contributed by atoms with Crippen molar-refractivity contribution in [3.05, 3.63) is 58.6 Å². The molecule has 0 aliphatic rings. The fraction of sp³-hybridized carbons (Fsp3) is 0.0714. The van der Waals surface area contributed by atoms with E-state index in [1.807, 2.05) is 31.2 Å². The van der Waals surface area contributed by atoms with Crippen molar-refractivity contribution in [3.8, 4) is 11.5 Å². The van der Waals surface area contributed by atoms with Gasteiger partial charge in [0, 0.05) is 11.6 Å². The van der Waals surface area contributed by atoms with Crippen molar-refractivity contribution in [3.63, 3.8) is 0 Å². The van der Waals surface area contributed by atoms with Gasteiger partial charge in [0.2, 0.25) is 0 Å². The summed E-state index contributed by atoms with van der Waals surface area (Å²) in [5.74, 6) is 1.42. The Morgan fingerprint density at radius 3 is 2.28 bits per heavy atom. The Balaban J connectivity index is 2.22. The van der Waals surface area contributed by atoms with Crippen molar-refractivity contribution in [1.29, 1.82) is 0 Å². The number of ether oxygens (including phenoxy) is 1. The van der Waals surface area contributed by atoms with Gasteiger partial charge in [0.15, 0.2) is 0 Å². The summed E-state index contributed by atoms with van der Waals surface area (Å²) in [5, 5.41) is 0.493. The third-order valence-electron chi connectivity index (χ3n) is 2.46. The molecule has 2 N–H and O–H groups in total. The Kier molecular flexibility index (Phi) is 3.84. The van der Waals surface area contributed by atoms with Crippen LogP contribution in [0.3, 0.4) is 0 Å². The van der Waals surface area contributed by atoms with Gasteiger partial charge in [-0.15, -0.1) is 0 Å². The normalized spacial score (nSPS) is 10.1. The molecule has 0 fully saturated rings. The number of hydrogen-bond acceptors (Lipinski definition) is 2. The number of halogens is 1. The predicted molar refractivity (Wildman–Crippen MR) is 78.6 cm³/mol. The second kappa shape index (κ2) is 5.38. The van der Waals surface area contributed by atoms with E-state index in [2.05, 4.69) is 0 Å². The number of hydrogen-bond donors (Lipinski definition) is 1. The van der Waals surface area contributed by atoms with Crippen LogP contribution in [0.25, 0.3) is 0 Å². The zero-order valence-electron chi connectivity index (χ0n) is 9.81. The minimum Gasteiger partial charge on any atom is -0.457 e. The molecule has 92 valence electrons. The molecule has 0 amide bonds. The first kappa shape index (κ1) is 12.9. The lowest BCUT2D eigenvalue weighted by Gasteiger charge is -2.08. The first-order valence-corrected chi connectivity index (χ1v) is 6.19. The lowest BCUT2D eigenvalue weighted by Crippen LogP contribution is -2.09. The number of nitrogens with two attached hydrogens (primary N) is 1. The molecule has 0 saturated heterocycles. The molecule has 0 atom stereocenters. The Hall–Kier alpha value is -1.58. The van der Waals surface area contributed by atoms with Crippen molar-refractivity contribution in [2.45, 2.75) is 6.92 Å². The highest BCUT2D eigenvalue weighted by Gasteiger charge is 2.05. The van der Waals surface area contributed by atoms with E-state index in [1.54, 1.807) is 18.2 Å². The molecule has 2 aromatic rings. The quantitative estimate of drug-likeness (QED) is 0.859. The van der Waals surface area contributed by atoms with Gasteiger partial charge < -0.3 is 10.5 Å². The second-order valence-electron chi connectivity index (χ2n) is 3.92. The van der Waals surface area contributed by atoms with E-state index in [0.717, 1.165) is 5.75 Å². The van der Waals surface area contributed by atoms with Gasteiger partial charge in [-0.2, -0.15) is 0 Å². The van der Waals surface area contributed by atoms with Crippen molar-refractivity contribution in [2.75, 3.05) is 0 Å². The first-order valence-electron chi connectivity index (χ1n) is 5.40. The summed E-state index contributed by atoms with van der Waals surface area (Å²) in [4.78, 5) is 0.280. The van der Waals surface area contributed by atoms with Crippen LogP contribution in [-0.4, -0.2) is 4.99 Å². The van der Waals surface area contributed by atoms with Crippen LogP contribution < -0.4 is 10.5 Å². The zero-order chi connectivity index (χ0) is 13.1. The third-order valence-corrected chi connectivity index (χ3v) is 3.00. The summed E-state index contributed by atoms with van der Waals surface area (Å²) in [5.41, 5.74) is 7.38. The van der Waals surface area contributed by atoms with Crippen LogP contribution in [0.15, 0.2) is 42.5 Å². The summed E-state index contributed by atoms with van der Waals surface area (Å²) in [6.45, 7) is 2.03. The van der Waals surface area contributed by atoms with Crippen molar-refractivity contribution < 1.29 is 4.74 Å². The maximum atomic E-state index is 6.07. The van der Waals surface area contributed by atoms with Crippen LogP contribution in [0.5, 0.6) is 11.5 Å². The van der Waals surface area contributed by atoms with Crippen LogP contribution in [-0.2, 0) is 0 Å². The van der Waals surface area contributed by atoms with E-state index in [-0.39, 0.29) is 4.99 Å².